The fourth-order valence-electron chi connectivity index (χ4n) is 1.42. The Hall–Kier alpha value is -1.75. The molecule has 1 aromatic carbocycles. The number of carbonyl (C=O) groups is 2. The summed E-state index contributed by atoms with van der Waals surface area (Å²) in [6.07, 6.45) is 1.97. The summed E-state index contributed by atoms with van der Waals surface area (Å²) >= 11 is 5.79. The molecule has 6 heteroatoms. The van der Waals surface area contributed by atoms with E-state index in [-0.39, 0.29) is 34.8 Å². The molecular formula is C12H13ClN2O3. The van der Waals surface area contributed by atoms with E-state index in [1.54, 1.807) is 12.1 Å². The average Bonchev–Trinajstić information content (AvgIpc) is 3.13. The van der Waals surface area contributed by atoms with Crippen LogP contribution in [0.15, 0.2) is 18.2 Å². The highest BCUT2D eigenvalue weighted by Crippen LogP contribution is 2.23. The van der Waals surface area contributed by atoms with E-state index in [9.17, 15) is 9.59 Å². The van der Waals surface area contributed by atoms with Crippen LogP contribution in [0.2, 0.25) is 5.02 Å². The first-order chi connectivity index (χ1) is 8.58. The molecule has 1 aliphatic rings. The Bertz CT molecular complexity index is 486. The van der Waals surface area contributed by atoms with Crippen LogP contribution in [0.4, 0.5) is 5.69 Å². The van der Waals surface area contributed by atoms with E-state index in [0.717, 1.165) is 12.8 Å². The van der Waals surface area contributed by atoms with Crippen molar-refractivity contribution < 1.29 is 14.3 Å². The van der Waals surface area contributed by atoms with E-state index in [0.29, 0.717) is 0 Å². The summed E-state index contributed by atoms with van der Waals surface area (Å²) in [4.78, 5) is 23.0. The van der Waals surface area contributed by atoms with Crippen molar-refractivity contribution in [2.45, 2.75) is 18.9 Å². The third kappa shape index (κ3) is 3.13. The maximum Gasteiger partial charge on any atom is 0.340 e. The maximum absolute atomic E-state index is 11.7. The van der Waals surface area contributed by atoms with Gasteiger partial charge in [-0.2, -0.15) is 0 Å². The lowest BCUT2D eigenvalue weighted by Crippen LogP contribution is -2.30. The summed E-state index contributed by atoms with van der Waals surface area (Å²) in [7, 11) is 0. The number of para-hydroxylation sites is 1. The van der Waals surface area contributed by atoms with Gasteiger partial charge in [0, 0.05) is 6.04 Å². The van der Waals surface area contributed by atoms with Gasteiger partial charge >= 0.3 is 5.97 Å². The van der Waals surface area contributed by atoms with E-state index < -0.39 is 5.97 Å². The van der Waals surface area contributed by atoms with Crippen LogP contribution in [0, 0.1) is 0 Å². The van der Waals surface area contributed by atoms with Gasteiger partial charge in [-0.15, -0.1) is 0 Å². The molecule has 0 bridgehead atoms. The first kappa shape index (κ1) is 12.7. The molecule has 18 heavy (non-hydrogen) atoms. The highest BCUT2D eigenvalue weighted by molar-refractivity contribution is 6.33. The number of nitrogens with two attached hydrogens (primary N) is 1. The number of ether oxygens (including phenoxy) is 1. The van der Waals surface area contributed by atoms with Crippen molar-refractivity contribution in [3.63, 3.8) is 0 Å². The Morgan fingerprint density at radius 3 is 2.83 bits per heavy atom. The number of hydrogen-bond acceptors (Lipinski definition) is 4. The fourth-order valence-corrected chi connectivity index (χ4v) is 1.60. The molecule has 0 heterocycles. The lowest BCUT2D eigenvalue weighted by molar-refractivity contribution is -0.124. The number of carbonyl (C=O) groups excluding carboxylic acids is 2. The lowest BCUT2D eigenvalue weighted by Gasteiger charge is -2.08. The molecule has 3 N–H and O–H groups in total. The van der Waals surface area contributed by atoms with Crippen LogP contribution in [0.3, 0.4) is 0 Å². The van der Waals surface area contributed by atoms with Gasteiger partial charge in [-0.25, -0.2) is 4.79 Å². The molecule has 0 atom stereocenters. The number of esters is 1. The molecule has 1 aliphatic carbocycles. The summed E-state index contributed by atoms with van der Waals surface area (Å²) in [5.74, 6) is -0.951. The van der Waals surface area contributed by atoms with E-state index in [1.807, 2.05) is 0 Å². The van der Waals surface area contributed by atoms with Gasteiger partial charge in [0.05, 0.1) is 16.3 Å². The van der Waals surface area contributed by atoms with Gasteiger partial charge < -0.3 is 15.8 Å². The predicted molar refractivity (Wildman–Crippen MR) is 67.3 cm³/mol. The molecule has 5 nitrogen and oxygen atoms in total. The van der Waals surface area contributed by atoms with Gasteiger partial charge in [-0.3, -0.25) is 4.79 Å². The Kier molecular flexibility index (Phi) is 3.72. The predicted octanol–water partition coefficient (Wildman–Crippen LogP) is 1.36. The molecule has 0 radical (unpaired) electrons. The average molecular weight is 269 g/mol. The number of hydrogen-bond donors (Lipinski definition) is 2. The van der Waals surface area contributed by atoms with Gasteiger partial charge in [-0.05, 0) is 25.0 Å². The number of benzene rings is 1. The highest BCUT2D eigenvalue weighted by atomic mass is 35.5. The van der Waals surface area contributed by atoms with Crippen molar-refractivity contribution >= 4 is 29.2 Å². The van der Waals surface area contributed by atoms with Crippen molar-refractivity contribution in [3.05, 3.63) is 28.8 Å². The molecule has 0 aliphatic heterocycles. The van der Waals surface area contributed by atoms with Crippen molar-refractivity contribution in [1.82, 2.24) is 5.32 Å². The molecule has 96 valence electrons. The zero-order chi connectivity index (χ0) is 13.1. The second-order valence-corrected chi connectivity index (χ2v) is 4.53. The number of halogens is 1. The Morgan fingerprint density at radius 2 is 2.17 bits per heavy atom. The van der Waals surface area contributed by atoms with Gasteiger partial charge in [-0.1, -0.05) is 17.7 Å². The van der Waals surface area contributed by atoms with Crippen LogP contribution in [0.1, 0.15) is 23.2 Å². The minimum absolute atomic E-state index is 0.159. The van der Waals surface area contributed by atoms with Crippen molar-refractivity contribution in [2.75, 3.05) is 12.3 Å². The summed E-state index contributed by atoms with van der Waals surface area (Å²) in [5.41, 5.74) is 5.97. The lowest BCUT2D eigenvalue weighted by atomic mass is 10.2. The monoisotopic (exact) mass is 268 g/mol. The quantitative estimate of drug-likeness (QED) is 0.638. The number of rotatable bonds is 4. The number of anilines is 1. The second kappa shape index (κ2) is 5.27. The summed E-state index contributed by atoms with van der Waals surface area (Å²) in [5, 5.41) is 3.00. The Morgan fingerprint density at radius 1 is 1.44 bits per heavy atom. The minimum atomic E-state index is -0.652. The van der Waals surface area contributed by atoms with Gasteiger partial charge in [0.2, 0.25) is 0 Å². The SMILES string of the molecule is Nc1c(Cl)cccc1C(=O)OCC(=O)NC1CC1. The van der Waals surface area contributed by atoms with Crippen LogP contribution in [-0.2, 0) is 9.53 Å². The Labute approximate surface area is 109 Å². The van der Waals surface area contributed by atoms with E-state index >= 15 is 0 Å². The number of amides is 1. The highest BCUT2D eigenvalue weighted by Gasteiger charge is 2.24. The Balaban J connectivity index is 1.90. The van der Waals surface area contributed by atoms with E-state index in [2.05, 4.69) is 5.32 Å². The molecule has 1 aromatic rings. The summed E-state index contributed by atoms with van der Waals surface area (Å²) < 4.78 is 4.86. The summed E-state index contributed by atoms with van der Waals surface area (Å²) in [6, 6.07) is 4.92. The largest absolute Gasteiger partial charge is 0.452 e. The van der Waals surface area contributed by atoms with Crippen LogP contribution < -0.4 is 11.1 Å². The summed E-state index contributed by atoms with van der Waals surface area (Å²) in [6.45, 7) is -0.304. The molecule has 0 aromatic heterocycles. The zero-order valence-corrected chi connectivity index (χ0v) is 10.4. The molecule has 0 unspecified atom stereocenters. The third-order valence-electron chi connectivity index (χ3n) is 2.55. The number of nitrogens with one attached hydrogen (secondary N) is 1. The number of nitrogen functional groups attached to an aromatic ring is 1. The molecular weight excluding hydrogens is 256 g/mol. The first-order valence-electron chi connectivity index (χ1n) is 5.58. The maximum atomic E-state index is 11.7. The standard InChI is InChI=1S/C12H13ClN2O3/c13-9-3-1-2-8(11(9)14)12(17)18-6-10(16)15-7-4-5-7/h1-3,7H,4-6,14H2,(H,15,16). The molecule has 2 rings (SSSR count). The second-order valence-electron chi connectivity index (χ2n) is 4.12. The van der Waals surface area contributed by atoms with E-state index in [1.165, 1.54) is 6.07 Å². The molecule has 1 fully saturated rings. The fraction of sp³-hybridized carbons (Fsp3) is 0.333. The van der Waals surface area contributed by atoms with Crippen LogP contribution >= 0.6 is 11.6 Å². The van der Waals surface area contributed by atoms with Crippen molar-refractivity contribution in [2.24, 2.45) is 0 Å². The topological polar surface area (TPSA) is 81.4 Å². The first-order valence-corrected chi connectivity index (χ1v) is 5.96. The van der Waals surface area contributed by atoms with Gasteiger partial charge in [0.1, 0.15) is 0 Å². The van der Waals surface area contributed by atoms with Crippen LogP contribution in [-0.4, -0.2) is 24.5 Å². The minimum Gasteiger partial charge on any atom is -0.452 e. The normalized spacial score (nSPS) is 14.1. The van der Waals surface area contributed by atoms with Crippen LogP contribution in [0.5, 0.6) is 0 Å². The molecule has 0 spiro atoms. The third-order valence-corrected chi connectivity index (χ3v) is 2.88. The van der Waals surface area contributed by atoms with Gasteiger partial charge in [0.25, 0.3) is 5.91 Å². The van der Waals surface area contributed by atoms with E-state index in [4.69, 9.17) is 22.1 Å². The van der Waals surface area contributed by atoms with Crippen LogP contribution in [0.25, 0.3) is 0 Å². The van der Waals surface area contributed by atoms with Crippen molar-refractivity contribution in [1.29, 1.82) is 0 Å². The molecule has 0 saturated heterocycles. The zero-order valence-electron chi connectivity index (χ0n) is 9.61. The van der Waals surface area contributed by atoms with Gasteiger partial charge in [0.15, 0.2) is 6.61 Å². The molecule has 1 saturated carbocycles. The molecule has 1 amide bonds. The smallest absolute Gasteiger partial charge is 0.340 e. The van der Waals surface area contributed by atoms with Crippen molar-refractivity contribution in [3.8, 4) is 0 Å².